The van der Waals surface area contributed by atoms with Crippen molar-refractivity contribution >= 4 is 17.2 Å². The summed E-state index contributed by atoms with van der Waals surface area (Å²) in [6.45, 7) is 3.90. The van der Waals surface area contributed by atoms with Gasteiger partial charge in [-0.2, -0.15) is 5.10 Å². The van der Waals surface area contributed by atoms with Crippen molar-refractivity contribution in [1.82, 2.24) is 24.8 Å². The zero-order valence-electron chi connectivity index (χ0n) is 16.5. The van der Waals surface area contributed by atoms with E-state index in [1.165, 1.54) is 37.1 Å². The quantitative estimate of drug-likeness (QED) is 0.476. The number of H-pyrrole nitrogens is 1. The van der Waals surface area contributed by atoms with Crippen LogP contribution in [0.3, 0.4) is 0 Å². The predicted molar refractivity (Wildman–Crippen MR) is 110 cm³/mol. The SMILES string of the molecule is C1CCOC1.Cc1cc(Nc2nc(C(O)c3ccc(F)cc3)nn3cccc23)n[nH]1. The van der Waals surface area contributed by atoms with Gasteiger partial charge in [-0.3, -0.25) is 5.10 Å². The van der Waals surface area contributed by atoms with Gasteiger partial charge < -0.3 is 15.2 Å². The second-order valence-corrected chi connectivity index (χ2v) is 6.99. The summed E-state index contributed by atoms with van der Waals surface area (Å²) in [5.41, 5.74) is 2.17. The van der Waals surface area contributed by atoms with Crippen LogP contribution >= 0.6 is 0 Å². The Balaban J connectivity index is 0.000000383. The van der Waals surface area contributed by atoms with Crippen LogP contribution in [0.4, 0.5) is 16.0 Å². The number of ether oxygens (including phenoxy) is 1. The van der Waals surface area contributed by atoms with Gasteiger partial charge in [-0.15, -0.1) is 5.10 Å². The van der Waals surface area contributed by atoms with E-state index in [0.717, 1.165) is 24.4 Å². The van der Waals surface area contributed by atoms with Crippen molar-refractivity contribution in [3.8, 4) is 0 Å². The molecule has 1 aliphatic rings. The lowest BCUT2D eigenvalue weighted by molar-refractivity contribution is 0.198. The molecule has 0 saturated carbocycles. The molecule has 0 spiro atoms. The van der Waals surface area contributed by atoms with E-state index < -0.39 is 6.10 Å². The van der Waals surface area contributed by atoms with Gasteiger partial charge in [0.2, 0.25) is 0 Å². The van der Waals surface area contributed by atoms with Crippen molar-refractivity contribution < 1.29 is 14.2 Å². The summed E-state index contributed by atoms with van der Waals surface area (Å²) in [7, 11) is 0. The van der Waals surface area contributed by atoms with Gasteiger partial charge in [0, 0.05) is 31.2 Å². The average Bonchev–Trinajstić information content (AvgIpc) is 3.52. The molecular weight excluding hydrogens is 387 g/mol. The van der Waals surface area contributed by atoms with E-state index in [2.05, 4.69) is 25.6 Å². The largest absolute Gasteiger partial charge is 0.381 e. The number of aromatic amines is 1. The molecule has 1 atom stereocenters. The van der Waals surface area contributed by atoms with Gasteiger partial charge in [-0.25, -0.2) is 13.9 Å². The maximum absolute atomic E-state index is 13.1. The molecule has 4 heterocycles. The summed E-state index contributed by atoms with van der Waals surface area (Å²) < 4.78 is 19.7. The van der Waals surface area contributed by atoms with E-state index in [-0.39, 0.29) is 11.6 Å². The first-order valence-corrected chi connectivity index (χ1v) is 9.76. The highest BCUT2D eigenvalue weighted by Crippen LogP contribution is 2.24. The number of aromatic nitrogens is 5. The third-order valence-corrected chi connectivity index (χ3v) is 4.62. The Bertz CT molecular complexity index is 1100. The molecule has 30 heavy (non-hydrogen) atoms. The van der Waals surface area contributed by atoms with Crippen molar-refractivity contribution in [2.45, 2.75) is 25.9 Å². The van der Waals surface area contributed by atoms with Crippen LogP contribution in [-0.4, -0.2) is 43.1 Å². The number of anilines is 2. The monoisotopic (exact) mass is 410 g/mol. The second-order valence-electron chi connectivity index (χ2n) is 6.99. The van der Waals surface area contributed by atoms with Crippen molar-refractivity contribution in [3.05, 3.63) is 71.6 Å². The first kappa shape index (κ1) is 20.0. The first-order chi connectivity index (χ1) is 14.6. The average molecular weight is 410 g/mol. The maximum Gasteiger partial charge on any atom is 0.184 e. The second kappa shape index (κ2) is 9.02. The molecule has 1 unspecified atom stereocenters. The fraction of sp³-hybridized carbons (Fsp3) is 0.286. The molecule has 4 aromatic rings. The molecule has 0 amide bonds. The lowest BCUT2D eigenvalue weighted by Gasteiger charge is -2.12. The number of nitrogens with one attached hydrogen (secondary N) is 2. The minimum atomic E-state index is -1.08. The van der Waals surface area contributed by atoms with E-state index in [4.69, 9.17) is 4.74 Å². The summed E-state index contributed by atoms with van der Waals surface area (Å²) >= 11 is 0. The predicted octanol–water partition coefficient (Wildman–Crippen LogP) is 3.52. The molecule has 0 aliphatic carbocycles. The lowest BCUT2D eigenvalue weighted by Crippen LogP contribution is -2.11. The van der Waals surface area contributed by atoms with Gasteiger partial charge in [-0.05, 0) is 49.6 Å². The van der Waals surface area contributed by atoms with Gasteiger partial charge in [0.15, 0.2) is 17.5 Å². The van der Waals surface area contributed by atoms with Crippen LogP contribution in [0, 0.1) is 12.7 Å². The number of aryl methyl sites for hydroxylation is 1. The van der Waals surface area contributed by atoms with Crippen LogP contribution in [0.2, 0.25) is 0 Å². The van der Waals surface area contributed by atoms with Crippen LogP contribution in [-0.2, 0) is 4.74 Å². The maximum atomic E-state index is 13.1. The zero-order valence-corrected chi connectivity index (χ0v) is 16.5. The lowest BCUT2D eigenvalue weighted by atomic mass is 10.1. The summed E-state index contributed by atoms with van der Waals surface area (Å²) in [6, 6.07) is 11.1. The molecule has 3 aromatic heterocycles. The summed E-state index contributed by atoms with van der Waals surface area (Å²) in [6.07, 6.45) is 3.24. The smallest absolute Gasteiger partial charge is 0.184 e. The molecular formula is C21H23FN6O2. The van der Waals surface area contributed by atoms with E-state index >= 15 is 0 Å². The molecule has 1 saturated heterocycles. The van der Waals surface area contributed by atoms with Gasteiger partial charge >= 0.3 is 0 Å². The molecule has 0 bridgehead atoms. The number of hydrogen-bond donors (Lipinski definition) is 3. The molecule has 1 aromatic carbocycles. The minimum absolute atomic E-state index is 0.199. The Kier molecular flexibility index (Phi) is 6.01. The highest BCUT2D eigenvalue weighted by atomic mass is 19.1. The molecule has 5 rings (SSSR count). The molecule has 1 aliphatic heterocycles. The zero-order chi connectivity index (χ0) is 20.9. The Morgan fingerprint density at radius 3 is 2.60 bits per heavy atom. The summed E-state index contributed by atoms with van der Waals surface area (Å²) in [5.74, 6) is 0.961. The van der Waals surface area contributed by atoms with Gasteiger partial charge in [0.1, 0.15) is 17.4 Å². The molecule has 9 heteroatoms. The molecule has 156 valence electrons. The highest BCUT2D eigenvalue weighted by molar-refractivity contribution is 5.72. The van der Waals surface area contributed by atoms with Gasteiger partial charge in [0.05, 0.1) is 0 Å². The fourth-order valence-electron chi connectivity index (χ4n) is 3.07. The summed E-state index contributed by atoms with van der Waals surface area (Å²) in [5, 5.41) is 25.0. The Morgan fingerprint density at radius 1 is 1.20 bits per heavy atom. The number of aliphatic hydroxyl groups is 1. The molecule has 0 radical (unpaired) electrons. The third-order valence-electron chi connectivity index (χ3n) is 4.62. The standard InChI is InChI=1S/C17H15FN6O.C4H8O/c1-10-9-14(22-21-10)19-16-13-3-2-8-24(13)23-17(20-16)15(25)11-4-6-12(18)7-5-11;1-2-4-5-3-1/h2-9,15,25H,1H3,(H2,19,20,21,22,23);1-4H2. The normalized spacial score (nSPS) is 14.4. The number of rotatable bonds is 4. The van der Waals surface area contributed by atoms with Crippen LogP contribution in [0.1, 0.15) is 36.0 Å². The van der Waals surface area contributed by atoms with Crippen molar-refractivity contribution in [2.24, 2.45) is 0 Å². The highest BCUT2D eigenvalue weighted by Gasteiger charge is 2.17. The number of hydrogen-bond acceptors (Lipinski definition) is 6. The molecule has 8 nitrogen and oxygen atoms in total. The van der Waals surface area contributed by atoms with E-state index in [9.17, 15) is 9.50 Å². The van der Waals surface area contributed by atoms with Crippen molar-refractivity contribution in [2.75, 3.05) is 18.5 Å². The van der Waals surface area contributed by atoms with Crippen molar-refractivity contribution in [3.63, 3.8) is 0 Å². The van der Waals surface area contributed by atoms with Gasteiger partial charge in [-0.1, -0.05) is 12.1 Å². The number of halogens is 1. The van der Waals surface area contributed by atoms with E-state index in [1.54, 1.807) is 10.7 Å². The Hall–Kier alpha value is -3.30. The number of benzene rings is 1. The topological polar surface area (TPSA) is 100 Å². The van der Waals surface area contributed by atoms with E-state index in [0.29, 0.717) is 17.2 Å². The molecule has 1 fully saturated rings. The van der Waals surface area contributed by atoms with E-state index in [1.807, 2.05) is 25.1 Å². The Morgan fingerprint density at radius 2 is 1.97 bits per heavy atom. The third kappa shape index (κ3) is 4.64. The number of nitrogens with zero attached hydrogens (tertiary/aromatic N) is 4. The van der Waals surface area contributed by atoms with Crippen LogP contribution in [0.5, 0.6) is 0 Å². The van der Waals surface area contributed by atoms with Gasteiger partial charge in [0.25, 0.3) is 0 Å². The number of aliphatic hydroxyl groups excluding tert-OH is 1. The van der Waals surface area contributed by atoms with Crippen molar-refractivity contribution in [1.29, 1.82) is 0 Å². The molecule has 3 N–H and O–H groups in total. The van der Waals surface area contributed by atoms with Crippen LogP contribution < -0.4 is 5.32 Å². The van der Waals surface area contributed by atoms with Crippen LogP contribution in [0.25, 0.3) is 5.52 Å². The number of fused-ring (bicyclic) bond motifs is 1. The Labute approximate surface area is 172 Å². The minimum Gasteiger partial charge on any atom is -0.381 e. The summed E-state index contributed by atoms with van der Waals surface area (Å²) in [4.78, 5) is 4.44. The fourth-order valence-corrected chi connectivity index (χ4v) is 3.07. The van der Waals surface area contributed by atoms with Crippen LogP contribution in [0.15, 0.2) is 48.7 Å². The first-order valence-electron chi connectivity index (χ1n) is 9.76.